The third-order valence-electron chi connectivity index (χ3n) is 3.13. The van der Waals surface area contributed by atoms with E-state index in [0.29, 0.717) is 17.8 Å². The lowest BCUT2D eigenvalue weighted by Crippen LogP contribution is -2.35. The largest absolute Gasteiger partial charge is 0.392 e. The van der Waals surface area contributed by atoms with Gasteiger partial charge in [-0.1, -0.05) is 6.07 Å². The lowest BCUT2D eigenvalue weighted by Gasteiger charge is -2.19. The minimum absolute atomic E-state index is 0.0575. The molecule has 0 aliphatic carbocycles. The van der Waals surface area contributed by atoms with E-state index in [2.05, 4.69) is 5.32 Å². The number of nitrogens with zero attached hydrogens (tertiary/aromatic N) is 1. The summed E-state index contributed by atoms with van der Waals surface area (Å²) in [6, 6.07) is 4.82. The Morgan fingerprint density at radius 2 is 2.39 bits per heavy atom. The first-order valence-corrected chi connectivity index (χ1v) is 6.01. The van der Waals surface area contributed by atoms with Gasteiger partial charge in [0.15, 0.2) is 0 Å². The summed E-state index contributed by atoms with van der Waals surface area (Å²) in [7, 11) is 0. The van der Waals surface area contributed by atoms with Crippen molar-refractivity contribution >= 4 is 11.6 Å². The summed E-state index contributed by atoms with van der Waals surface area (Å²) in [6.45, 7) is 2.67. The first kappa shape index (κ1) is 12.8. The molecule has 0 saturated carbocycles. The molecule has 2 N–H and O–H groups in total. The highest BCUT2D eigenvalue weighted by Crippen LogP contribution is 2.24. The van der Waals surface area contributed by atoms with Crippen molar-refractivity contribution in [1.29, 1.82) is 0 Å². The number of hydrogen-bond donors (Lipinski definition) is 2. The Balaban J connectivity index is 2.07. The van der Waals surface area contributed by atoms with Gasteiger partial charge >= 0.3 is 0 Å². The van der Waals surface area contributed by atoms with Crippen molar-refractivity contribution in [1.82, 2.24) is 5.32 Å². The summed E-state index contributed by atoms with van der Waals surface area (Å²) in [5.41, 5.74) is 1.09. The van der Waals surface area contributed by atoms with Gasteiger partial charge in [-0.25, -0.2) is 4.39 Å². The van der Waals surface area contributed by atoms with Crippen LogP contribution in [0, 0.1) is 5.82 Å². The predicted octanol–water partition coefficient (Wildman–Crippen LogP) is 1.03. The van der Waals surface area contributed by atoms with Crippen LogP contribution in [0.1, 0.15) is 18.9 Å². The molecule has 2 rings (SSSR count). The van der Waals surface area contributed by atoms with Gasteiger partial charge in [0, 0.05) is 26.1 Å². The highest BCUT2D eigenvalue weighted by atomic mass is 19.1. The maximum Gasteiger partial charge on any atom is 0.217 e. The quantitative estimate of drug-likeness (QED) is 0.845. The Hall–Kier alpha value is -1.62. The molecule has 0 radical (unpaired) electrons. The number of rotatable bonds is 3. The second-order valence-electron chi connectivity index (χ2n) is 4.58. The number of aliphatic hydroxyl groups excluding tert-OH is 1. The van der Waals surface area contributed by atoms with E-state index in [-0.39, 0.29) is 24.4 Å². The van der Waals surface area contributed by atoms with Gasteiger partial charge in [-0.2, -0.15) is 0 Å². The monoisotopic (exact) mass is 252 g/mol. The summed E-state index contributed by atoms with van der Waals surface area (Å²) in [5.74, 6) is -0.386. The number of nitrogens with one attached hydrogen (secondary N) is 1. The van der Waals surface area contributed by atoms with Gasteiger partial charge in [-0.05, 0) is 24.1 Å². The molecule has 1 amide bonds. The van der Waals surface area contributed by atoms with Crippen LogP contribution in [0.25, 0.3) is 0 Å². The van der Waals surface area contributed by atoms with Crippen LogP contribution in [-0.2, 0) is 11.4 Å². The molecule has 0 bridgehead atoms. The van der Waals surface area contributed by atoms with Crippen molar-refractivity contribution in [2.75, 3.05) is 18.0 Å². The second kappa shape index (κ2) is 5.35. The van der Waals surface area contributed by atoms with E-state index in [1.54, 1.807) is 12.1 Å². The second-order valence-corrected chi connectivity index (χ2v) is 4.58. The van der Waals surface area contributed by atoms with E-state index in [9.17, 15) is 9.18 Å². The molecule has 1 fully saturated rings. The summed E-state index contributed by atoms with van der Waals surface area (Å²) < 4.78 is 13.8. The van der Waals surface area contributed by atoms with E-state index in [1.807, 2.05) is 4.90 Å². The lowest BCUT2D eigenvalue weighted by atomic mass is 10.2. The number of halogens is 1. The third kappa shape index (κ3) is 2.79. The highest BCUT2D eigenvalue weighted by Gasteiger charge is 2.24. The molecule has 18 heavy (non-hydrogen) atoms. The summed E-state index contributed by atoms with van der Waals surface area (Å²) in [6.07, 6.45) is 0.820. The molecular formula is C13H17FN2O2. The first-order valence-electron chi connectivity index (χ1n) is 6.01. The van der Waals surface area contributed by atoms with Crippen LogP contribution in [0.2, 0.25) is 0 Å². The zero-order chi connectivity index (χ0) is 13.1. The van der Waals surface area contributed by atoms with Crippen LogP contribution < -0.4 is 10.2 Å². The van der Waals surface area contributed by atoms with Gasteiger partial charge in [0.25, 0.3) is 0 Å². The Morgan fingerprint density at radius 3 is 3.00 bits per heavy atom. The van der Waals surface area contributed by atoms with Crippen LogP contribution in [0.4, 0.5) is 10.1 Å². The number of aliphatic hydroxyl groups is 1. The molecule has 0 spiro atoms. The summed E-state index contributed by atoms with van der Waals surface area (Å²) in [5, 5.41) is 11.8. The Labute approximate surface area is 105 Å². The van der Waals surface area contributed by atoms with Gasteiger partial charge in [0.2, 0.25) is 5.91 Å². The number of hydrogen-bond acceptors (Lipinski definition) is 3. The SMILES string of the molecule is CC(=O)NC1CCN(c2ccc(CO)cc2F)C1. The maximum absolute atomic E-state index is 13.8. The topological polar surface area (TPSA) is 52.6 Å². The van der Waals surface area contributed by atoms with Crippen molar-refractivity contribution in [3.63, 3.8) is 0 Å². The van der Waals surface area contributed by atoms with Crippen molar-refractivity contribution < 1.29 is 14.3 Å². The molecular weight excluding hydrogens is 235 g/mol. The molecule has 1 aromatic rings. The summed E-state index contributed by atoms with van der Waals surface area (Å²) >= 11 is 0. The van der Waals surface area contributed by atoms with Crippen LogP contribution >= 0.6 is 0 Å². The highest BCUT2D eigenvalue weighted by molar-refractivity contribution is 5.73. The average Bonchev–Trinajstić information content (AvgIpc) is 2.76. The molecule has 1 saturated heterocycles. The van der Waals surface area contributed by atoms with Crippen LogP contribution in [0.3, 0.4) is 0 Å². The normalized spacial score (nSPS) is 19.1. The molecule has 0 aromatic heterocycles. The Bertz CT molecular complexity index is 451. The number of carbonyl (C=O) groups is 1. The van der Waals surface area contributed by atoms with E-state index in [0.717, 1.165) is 13.0 Å². The molecule has 4 nitrogen and oxygen atoms in total. The molecule has 98 valence electrons. The van der Waals surface area contributed by atoms with Crippen LogP contribution in [0.5, 0.6) is 0 Å². The number of anilines is 1. The van der Waals surface area contributed by atoms with E-state index in [1.165, 1.54) is 13.0 Å². The Morgan fingerprint density at radius 1 is 1.61 bits per heavy atom. The van der Waals surface area contributed by atoms with Crippen LogP contribution in [0.15, 0.2) is 18.2 Å². The zero-order valence-corrected chi connectivity index (χ0v) is 10.3. The van der Waals surface area contributed by atoms with Crippen molar-refractivity contribution in [3.8, 4) is 0 Å². The van der Waals surface area contributed by atoms with Gasteiger partial charge in [0.05, 0.1) is 12.3 Å². The maximum atomic E-state index is 13.8. The molecule has 1 aromatic carbocycles. The first-order chi connectivity index (χ1) is 8.60. The number of benzene rings is 1. The van der Waals surface area contributed by atoms with Gasteiger partial charge in [-0.3, -0.25) is 4.79 Å². The molecule has 5 heteroatoms. The van der Waals surface area contributed by atoms with Crippen molar-refractivity contribution in [3.05, 3.63) is 29.6 Å². The van der Waals surface area contributed by atoms with E-state index < -0.39 is 0 Å². The van der Waals surface area contributed by atoms with Gasteiger partial charge in [-0.15, -0.1) is 0 Å². The van der Waals surface area contributed by atoms with Crippen molar-refractivity contribution in [2.45, 2.75) is 26.0 Å². The molecule has 1 aliphatic rings. The van der Waals surface area contributed by atoms with Gasteiger partial charge in [0.1, 0.15) is 5.82 Å². The predicted molar refractivity (Wildman–Crippen MR) is 66.8 cm³/mol. The smallest absolute Gasteiger partial charge is 0.217 e. The molecule has 1 heterocycles. The van der Waals surface area contributed by atoms with Crippen LogP contribution in [-0.4, -0.2) is 30.1 Å². The van der Waals surface area contributed by atoms with E-state index in [4.69, 9.17) is 5.11 Å². The Kier molecular flexibility index (Phi) is 3.81. The molecule has 1 atom stereocenters. The minimum Gasteiger partial charge on any atom is -0.392 e. The zero-order valence-electron chi connectivity index (χ0n) is 10.3. The fourth-order valence-electron chi connectivity index (χ4n) is 2.29. The number of amides is 1. The fourth-order valence-corrected chi connectivity index (χ4v) is 2.29. The summed E-state index contributed by atoms with van der Waals surface area (Å²) in [4.78, 5) is 12.9. The minimum atomic E-state index is -0.329. The third-order valence-corrected chi connectivity index (χ3v) is 3.13. The number of carbonyl (C=O) groups excluding carboxylic acids is 1. The molecule has 1 aliphatic heterocycles. The standard InChI is InChI=1S/C13H17FN2O2/c1-9(18)15-11-4-5-16(7-11)13-3-2-10(8-17)6-12(13)14/h2-3,6,11,17H,4-5,7-8H2,1H3,(H,15,18). The van der Waals surface area contributed by atoms with E-state index >= 15 is 0 Å². The lowest BCUT2D eigenvalue weighted by molar-refractivity contribution is -0.119. The molecule has 1 unspecified atom stereocenters. The van der Waals surface area contributed by atoms with Gasteiger partial charge < -0.3 is 15.3 Å². The average molecular weight is 252 g/mol. The van der Waals surface area contributed by atoms with Crippen molar-refractivity contribution in [2.24, 2.45) is 0 Å². The fraction of sp³-hybridized carbons (Fsp3) is 0.462.